The average molecular weight is 373 g/mol. The summed E-state index contributed by atoms with van der Waals surface area (Å²) in [5, 5.41) is 3.68. The minimum atomic E-state index is -0.238. The first kappa shape index (κ1) is 18.5. The van der Waals surface area contributed by atoms with Crippen molar-refractivity contribution >= 4 is 17.7 Å². The van der Waals surface area contributed by atoms with Crippen molar-refractivity contribution in [2.24, 2.45) is 5.92 Å². The van der Waals surface area contributed by atoms with E-state index < -0.39 is 0 Å². The second-order valence-corrected chi connectivity index (χ2v) is 7.29. The van der Waals surface area contributed by atoms with E-state index >= 15 is 0 Å². The van der Waals surface area contributed by atoms with E-state index in [2.05, 4.69) is 10.3 Å². The lowest BCUT2D eigenvalue weighted by atomic mass is 10.1. The van der Waals surface area contributed by atoms with Crippen LogP contribution in [0.2, 0.25) is 0 Å². The number of ether oxygens (including phenoxy) is 1. The number of fused-ring (bicyclic) bond motifs is 1. The van der Waals surface area contributed by atoms with Crippen molar-refractivity contribution in [2.75, 3.05) is 12.9 Å². The Bertz CT molecular complexity index is 862. The molecule has 0 saturated heterocycles. The molecule has 1 unspecified atom stereocenters. The number of thioether (sulfide) groups is 1. The van der Waals surface area contributed by atoms with Crippen molar-refractivity contribution in [2.45, 2.75) is 38.5 Å². The van der Waals surface area contributed by atoms with Gasteiger partial charge < -0.3 is 10.1 Å². The lowest BCUT2D eigenvalue weighted by molar-refractivity contribution is -0.125. The molecule has 0 bridgehead atoms. The molecule has 1 atom stereocenters. The summed E-state index contributed by atoms with van der Waals surface area (Å²) in [5.41, 5.74) is 2.51. The number of hydrogen-bond acceptors (Lipinski definition) is 5. The van der Waals surface area contributed by atoms with Gasteiger partial charge in [0.1, 0.15) is 5.75 Å². The molecule has 0 spiro atoms. The van der Waals surface area contributed by atoms with Gasteiger partial charge in [-0.1, -0.05) is 30.8 Å². The standard InChI is InChI=1S/C19H23N3O3S/c1-4-16-12(2)21-19-22(18(16)24)10-14(11-26-19)17(23)20-9-13-5-7-15(25-3)8-6-13/h5-8,14H,4,9-11H2,1-3H3,(H,20,23). The van der Waals surface area contributed by atoms with Gasteiger partial charge in [0.2, 0.25) is 5.91 Å². The fourth-order valence-corrected chi connectivity index (χ4v) is 4.16. The fraction of sp³-hybridized carbons (Fsp3) is 0.421. The van der Waals surface area contributed by atoms with Gasteiger partial charge in [-0.3, -0.25) is 14.2 Å². The predicted octanol–water partition coefficient (Wildman–Crippen LogP) is 2.16. The first-order valence-electron chi connectivity index (χ1n) is 8.67. The maximum absolute atomic E-state index is 12.6. The van der Waals surface area contributed by atoms with E-state index in [0.29, 0.717) is 30.4 Å². The first-order valence-corrected chi connectivity index (χ1v) is 9.65. The van der Waals surface area contributed by atoms with Crippen LogP contribution < -0.4 is 15.6 Å². The van der Waals surface area contributed by atoms with Crippen LogP contribution in [-0.2, 0) is 24.3 Å². The van der Waals surface area contributed by atoms with E-state index in [1.165, 1.54) is 11.8 Å². The molecule has 0 radical (unpaired) electrons. The Morgan fingerprint density at radius 1 is 1.38 bits per heavy atom. The van der Waals surface area contributed by atoms with E-state index in [0.717, 1.165) is 22.6 Å². The molecule has 2 heterocycles. The summed E-state index contributed by atoms with van der Waals surface area (Å²) in [5.74, 6) is 1.14. The highest BCUT2D eigenvalue weighted by Crippen LogP contribution is 2.26. The molecule has 1 amide bonds. The summed E-state index contributed by atoms with van der Waals surface area (Å²) >= 11 is 1.47. The fourth-order valence-electron chi connectivity index (χ4n) is 3.04. The van der Waals surface area contributed by atoms with Crippen molar-refractivity contribution < 1.29 is 9.53 Å². The van der Waals surface area contributed by atoms with E-state index in [-0.39, 0.29) is 17.4 Å². The number of nitrogens with one attached hydrogen (secondary N) is 1. The van der Waals surface area contributed by atoms with Crippen LogP contribution in [-0.4, -0.2) is 28.3 Å². The Hall–Kier alpha value is -2.28. The van der Waals surface area contributed by atoms with Crippen LogP contribution in [0.5, 0.6) is 5.75 Å². The second kappa shape index (κ2) is 7.95. The zero-order valence-electron chi connectivity index (χ0n) is 15.2. The number of aryl methyl sites for hydroxylation is 1. The predicted molar refractivity (Wildman–Crippen MR) is 102 cm³/mol. The number of methoxy groups -OCH3 is 1. The van der Waals surface area contributed by atoms with Crippen LogP contribution in [0.15, 0.2) is 34.2 Å². The molecule has 7 heteroatoms. The number of aromatic nitrogens is 2. The van der Waals surface area contributed by atoms with Crippen LogP contribution in [0.4, 0.5) is 0 Å². The van der Waals surface area contributed by atoms with E-state index in [1.54, 1.807) is 11.7 Å². The van der Waals surface area contributed by atoms with Crippen molar-refractivity contribution in [3.8, 4) is 5.75 Å². The second-order valence-electron chi connectivity index (χ2n) is 6.30. The van der Waals surface area contributed by atoms with Gasteiger partial charge >= 0.3 is 0 Å². The summed E-state index contributed by atoms with van der Waals surface area (Å²) in [6.07, 6.45) is 0.650. The lowest BCUT2D eigenvalue weighted by Crippen LogP contribution is -2.40. The molecule has 1 aliphatic rings. The quantitative estimate of drug-likeness (QED) is 0.813. The largest absolute Gasteiger partial charge is 0.497 e. The van der Waals surface area contributed by atoms with Gasteiger partial charge in [0.15, 0.2) is 5.16 Å². The number of amides is 1. The molecule has 1 aliphatic heterocycles. The van der Waals surface area contributed by atoms with Gasteiger partial charge in [-0.05, 0) is 31.0 Å². The van der Waals surface area contributed by atoms with Gasteiger partial charge in [-0.15, -0.1) is 0 Å². The summed E-state index contributed by atoms with van der Waals surface area (Å²) < 4.78 is 6.78. The topological polar surface area (TPSA) is 73.2 Å². The summed E-state index contributed by atoms with van der Waals surface area (Å²) in [7, 11) is 1.62. The molecule has 1 aromatic heterocycles. The third-order valence-electron chi connectivity index (χ3n) is 4.60. The van der Waals surface area contributed by atoms with Crippen molar-refractivity contribution in [1.82, 2.24) is 14.9 Å². The van der Waals surface area contributed by atoms with Crippen LogP contribution >= 0.6 is 11.8 Å². The van der Waals surface area contributed by atoms with Crippen molar-refractivity contribution in [3.63, 3.8) is 0 Å². The highest BCUT2D eigenvalue weighted by Gasteiger charge is 2.27. The number of carbonyl (C=O) groups is 1. The van der Waals surface area contributed by atoms with Crippen molar-refractivity contribution in [3.05, 3.63) is 51.4 Å². The van der Waals surface area contributed by atoms with Crippen LogP contribution in [0.25, 0.3) is 0 Å². The third kappa shape index (κ3) is 3.77. The SMILES string of the molecule is CCc1c(C)nc2n(c1=O)CC(C(=O)NCc1ccc(OC)cc1)CS2. The molecule has 6 nitrogen and oxygen atoms in total. The zero-order valence-corrected chi connectivity index (χ0v) is 16.1. The monoisotopic (exact) mass is 373 g/mol. The molecule has 1 aromatic carbocycles. The van der Waals surface area contributed by atoms with E-state index in [4.69, 9.17) is 4.74 Å². The average Bonchev–Trinajstić information content (AvgIpc) is 2.66. The summed E-state index contributed by atoms with van der Waals surface area (Å²) in [6, 6.07) is 7.59. The van der Waals surface area contributed by atoms with E-state index in [1.807, 2.05) is 38.1 Å². The molecule has 0 aliphatic carbocycles. The number of rotatable bonds is 5. The Morgan fingerprint density at radius 2 is 2.12 bits per heavy atom. The molecular weight excluding hydrogens is 350 g/mol. The van der Waals surface area contributed by atoms with Gasteiger partial charge in [0, 0.05) is 30.1 Å². The Balaban J connectivity index is 1.68. The van der Waals surface area contributed by atoms with Gasteiger partial charge in [0.25, 0.3) is 5.56 Å². The van der Waals surface area contributed by atoms with Crippen molar-refractivity contribution in [1.29, 1.82) is 0 Å². The maximum atomic E-state index is 12.6. The molecule has 138 valence electrons. The highest BCUT2D eigenvalue weighted by molar-refractivity contribution is 7.99. The first-order chi connectivity index (χ1) is 12.5. The number of hydrogen-bond donors (Lipinski definition) is 1. The summed E-state index contributed by atoms with van der Waals surface area (Å²) in [6.45, 7) is 4.66. The molecule has 0 saturated carbocycles. The zero-order chi connectivity index (χ0) is 18.7. The summed E-state index contributed by atoms with van der Waals surface area (Å²) in [4.78, 5) is 29.7. The van der Waals surface area contributed by atoms with Crippen LogP contribution in [0, 0.1) is 12.8 Å². The minimum Gasteiger partial charge on any atom is -0.497 e. The smallest absolute Gasteiger partial charge is 0.257 e. The molecule has 3 rings (SSSR count). The van der Waals surface area contributed by atoms with Gasteiger partial charge in [-0.2, -0.15) is 0 Å². The Kier molecular flexibility index (Phi) is 5.66. The van der Waals surface area contributed by atoms with Gasteiger partial charge in [0.05, 0.1) is 13.0 Å². The molecule has 0 fully saturated rings. The normalized spacial score (nSPS) is 16.0. The molecule has 2 aromatic rings. The highest BCUT2D eigenvalue weighted by atomic mass is 32.2. The van der Waals surface area contributed by atoms with Crippen LogP contribution in [0.3, 0.4) is 0 Å². The van der Waals surface area contributed by atoms with Gasteiger partial charge in [-0.25, -0.2) is 4.98 Å². The lowest BCUT2D eigenvalue weighted by Gasteiger charge is -2.25. The number of carbonyl (C=O) groups excluding carboxylic acids is 1. The molecule has 1 N–H and O–H groups in total. The Labute approximate surface area is 157 Å². The minimum absolute atomic E-state index is 0.0184. The number of benzene rings is 1. The Morgan fingerprint density at radius 3 is 2.77 bits per heavy atom. The third-order valence-corrected chi connectivity index (χ3v) is 5.74. The molecular formula is C19H23N3O3S. The van der Waals surface area contributed by atoms with Crippen LogP contribution in [0.1, 0.15) is 23.7 Å². The molecule has 26 heavy (non-hydrogen) atoms. The van der Waals surface area contributed by atoms with E-state index in [9.17, 15) is 9.59 Å². The maximum Gasteiger partial charge on any atom is 0.257 e. The number of nitrogens with zero attached hydrogens (tertiary/aromatic N) is 2.